The molecule has 1 aromatic carbocycles. The van der Waals surface area contributed by atoms with Crippen LogP contribution in [-0.4, -0.2) is 27.3 Å². The van der Waals surface area contributed by atoms with Gasteiger partial charge in [0.15, 0.2) is 0 Å². The van der Waals surface area contributed by atoms with Crippen LogP contribution in [0.15, 0.2) is 34.1 Å². The molecule has 1 aromatic rings. The van der Waals surface area contributed by atoms with Gasteiger partial charge in [-0.2, -0.15) is 0 Å². The molecule has 1 atom stereocenters. The molecule has 7 heteroatoms. The fourth-order valence-electron chi connectivity index (χ4n) is 1.80. The molecule has 1 rings (SSSR count). The average Bonchev–Trinajstić information content (AvgIpc) is 2.43. The number of nitrogens with one attached hydrogen (secondary N) is 1. The third-order valence-electron chi connectivity index (χ3n) is 2.87. The van der Waals surface area contributed by atoms with E-state index in [4.69, 9.17) is 5.73 Å². The Labute approximate surface area is 132 Å². The molecule has 0 spiro atoms. The van der Waals surface area contributed by atoms with Gasteiger partial charge in [-0.05, 0) is 24.8 Å². The molecule has 0 radical (unpaired) electrons. The van der Waals surface area contributed by atoms with Crippen LogP contribution in [0.4, 0.5) is 0 Å². The van der Waals surface area contributed by atoms with Crippen LogP contribution in [0.3, 0.4) is 0 Å². The lowest BCUT2D eigenvalue weighted by molar-refractivity contribution is 0.515. The van der Waals surface area contributed by atoms with E-state index in [-0.39, 0.29) is 18.4 Å². The Hall–Kier alpha value is -0.270. The van der Waals surface area contributed by atoms with Crippen LogP contribution in [0.1, 0.15) is 26.2 Å². The topological polar surface area (TPSA) is 72.2 Å². The number of nitrogens with two attached hydrogens (primary N) is 1. The van der Waals surface area contributed by atoms with Crippen molar-refractivity contribution in [2.24, 2.45) is 5.73 Å². The van der Waals surface area contributed by atoms with Gasteiger partial charge in [-0.1, -0.05) is 31.9 Å². The molecule has 0 aliphatic heterocycles. The number of hydrogen-bond acceptors (Lipinski definition) is 4. The van der Waals surface area contributed by atoms with Crippen LogP contribution in [0.25, 0.3) is 0 Å². The Morgan fingerprint density at radius 3 is 2.55 bits per heavy atom. The molecule has 0 saturated heterocycles. The molecule has 20 heavy (non-hydrogen) atoms. The summed E-state index contributed by atoms with van der Waals surface area (Å²) in [5.41, 5.74) is 5.64. The Balaban J connectivity index is 0.00000361. The maximum absolute atomic E-state index is 12.4. The third kappa shape index (κ3) is 5.61. The van der Waals surface area contributed by atoms with Gasteiger partial charge in [-0.15, -0.1) is 24.2 Å². The molecular weight excluding hydrogens is 316 g/mol. The second-order valence-electron chi connectivity index (χ2n) is 4.35. The van der Waals surface area contributed by atoms with Crippen LogP contribution < -0.4 is 10.5 Å². The normalized spacial score (nSPS) is 12.8. The molecule has 0 aliphatic rings. The van der Waals surface area contributed by atoms with E-state index in [1.807, 2.05) is 18.4 Å². The van der Waals surface area contributed by atoms with Crippen molar-refractivity contribution in [3.05, 3.63) is 24.3 Å². The van der Waals surface area contributed by atoms with E-state index in [0.29, 0.717) is 11.4 Å². The predicted molar refractivity (Wildman–Crippen MR) is 88.2 cm³/mol. The molecule has 0 bridgehead atoms. The number of halogens is 1. The average molecular weight is 339 g/mol. The monoisotopic (exact) mass is 338 g/mol. The van der Waals surface area contributed by atoms with Gasteiger partial charge >= 0.3 is 0 Å². The smallest absolute Gasteiger partial charge is 0.241 e. The first-order valence-corrected chi connectivity index (χ1v) is 9.11. The molecule has 1 unspecified atom stereocenters. The maximum Gasteiger partial charge on any atom is 0.241 e. The summed E-state index contributed by atoms with van der Waals surface area (Å²) >= 11 is 1.42. The quantitative estimate of drug-likeness (QED) is 0.715. The zero-order valence-electron chi connectivity index (χ0n) is 11.8. The lowest BCUT2D eigenvalue weighted by Crippen LogP contribution is -2.40. The van der Waals surface area contributed by atoms with E-state index in [0.717, 1.165) is 24.2 Å². The molecule has 0 aromatic heterocycles. The second kappa shape index (κ2) is 9.63. The van der Waals surface area contributed by atoms with Crippen molar-refractivity contribution in [3.8, 4) is 0 Å². The standard InChI is InChI=1S/C13H22N2O2S2.ClH/c1-3-4-7-11(10-14)15-19(16,17)13-9-6-5-8-12(13)18-2;/h5-6,8-9,11,15H,3-4,7,10,14H2,1-2H3;1H. The first-order chi connectivity index (χ1) is 9.05. The highest BCUT2D eigenvalue weighted by Crippen LogP contribution is 2.24. The Kier molecular flexibility index (Phi) is 9.50. The lowest BCUT2D eigenvalue weighted by atomic mass is 10.1. The molecular formula is C13H23ClN2O2S2. The summed E-state index contributed by atoms with van der Waals surface area (Å²) in [6.45, 7) is 2.39. The van der Waals surface area contributed by atoms with E-state index >= 15 is 0 Å². The first kappa shape index (κ1) is 19.7. The van der Waals surface area contributed by atoms with E-state index in [1.54, 1.807) is 12.1 Å². The molecule has 4 nitrogen and oxygen atoms in total. The Bertz CT molecular complexity index is 495. The van der Waals surface area contributed by atoms with Crippen LogP contribution in [-0.2, 0) is 10.0 Å². The molecule has 3 N–H and O–H groups in total. The van der Waals surface area contributed by atoms with Gasteiger partial charge in [0.25, 0.3) is 0 Å². The number of hydrogen-bond donors (Lipinski definition) is 2. The Morgan fingerprint density at radius 2 is 2.00 bits per heavy atom. The fourth-order valence-corrected chi connectivity index (χ4v) is 4.23. The van der Waals surface area contributed by atoms with Gasteiger partial charge in [0.1, 0.15) is 0 Å². The molecule has 0 heterocycles. The number of rotatable bonds is 8. The Morgan fingerprint density at radius 1 is 1.35 bits per heavy atom. The molecule has 0 amide bonds. The molecule has 116 valence electrons. The highest BCUT2D eigenvalue weighted by Gasteiger charge is 2.21. The van der Waals surface area contributed by atoms with Gasteiger partial charge in [0.05, 0.1) is 4.90 Å². The highest BCUT2D eigenvalue weighted by atomic mass is 35.5. The largest absolute Gasteiger partial charge is 0.329 e. The minimum absolute atomic E-state index is 0. The number of thioether (sulfide) groups is 1. The summed E-state index contributed by atoms with van der Waals surface area (Å²) in [7, 11) is -3.50. The second-order valence-corrected chi connectivity index (χ2v) is 6.88. The minimum atomic E-state index is -3.50. The van der Waals surface area contributed by atoms with Crippen molar-refractivity contribution in [3.63, 3.8) is 0 Å². The van der Waals surface area contributed by atoms with Gasteiger partial charge in [0.2, 0.25) is 10.0 Å². The van der Waals surface area contributed by atoms with Crippen LogP contribution in [0.2, 0.25) is 0 Å². The van der Waals surface area contributed by atoms with E-state index in [9.17, 15) is 8.42 Å². The number of unbranched alkanes of at least 4 members (excludes halogenated alkanes) is 1. The van der Waals surface area contributed by atoms with Gasteiger partial charge < -0.3 is 5.73 Å². The predicted octanol–water partition coefficient (Wildman–Crippen LogP) is 2.63. The number of benzene rings is 1. The van der Waals surface area contributed by atoms with Crippen molar-refractivity contribution in [2.45, 2.75) is 42.0 Å². The fraction of sp³-hybridized carbons (Fsp3) is 0.538. The SMILES string of the molecule is CCCCC(CN)NS(=O)(=O)c1ccccc1SC.Cl. The van der Waals surface area contributed by atoms with E-state index in [1.165, 1.54) is 11.8 Å². The number of sulfonamides is 1. The van der Waals surface area contributed by atoms with Crippen LogP contribution in [0, 0.1) is 0 Å². The van der Waals surface area contributed by atoms with Crippen molar-refractivity contribution >= 4 is 34.2 Å². The summed E-state index contributed by atoms with van der Waals surface area (Å²) in [6.07, 6.45) is 4.63. The van der Waals surface area contributed by atoms with Gasteiger partial charge in [0, 0.05) is 17.5 Å². The lowest BCUT2D eigenvalue weighted by Gasteiger charge is -2.17. The molecule has 0 saturated carbocycles. The first-order valence-electron chi connectivity index (χ1n) is 6.40. The van der Waals surface area contributed by atoms with Crippen molar-refractivity contribution in [1.82, 2.24) is 4.72 Å². The highest BCUT2D eigenvalue weighted by molar-refractivity contribution is 7.99. The van der Waals surface area contributed by atoms with Gasteiger partial charge in [-0.25, -0.2) is 13.1 Å². The summed E-state index contributed by atoms with van der Waals surface area (Å²) < 4.78 is 27.4. The van der Waals surface area contributed by atoms with E-state index in [2.05, 4.69) is 11.6 Å². The van der Waals surface area contributed by atoms with Crippen LogP contribution >= 0.6 is 24.2 Å². The van der Waals surface area contributed by atoms with E-state index < -0.39 is 10.0 Å². The zero-order valence-corrected chi connectivity index (χ0v) is 14.3. The zero-order chi connectivity index (χ0) is 14.3. The van der Waals surface area contributed by atoms with Crippen LogP contribution in [0.5, 0.6) is 0 Å². The summed E-state index contributed by atoms with van der Waals surface area (Å²) in [4.78, 5) is 1.08. The summed E-state index contributed by atoms with van der Waals surface area (Å²) in [6, 6.07) is 6.81. The molecule has 0 aliphatic carbocycles. The summed E-state index contributed by atoms with van der Waals surface area (Å²) in [5.74, 6) is 0. The minimum Gasteiger partial charge on any atom is -0.329 e. The third-order valence-corrected chi connectivity index (χ3v) is 5.37. The summed E-state index contributed by atoms with van der Waals surface area (Å²) in [5, 5.41) is 0. The van der Waals surface area contributed by atoms with Crippen molar-refractivity contribution in [2.75, 3.05) is 12.8 Å². The van der Waals surface area contributed by atoms with Crippen molar-refractivity contribution < 1.29 is 8.42 Å². The van der Waals surface area contributed by atoms with Gasteiger partial charge in [-0.3, -0.25) is 0 Å². The van der Waals surface area contributed by atoms with Crippen molar-refractivity contribution in [1.29, 1.82) is 0 Å². The molecule has 0 fully saturated rings. The maximum atomic E-state index is 12.4.